The number of likely N-dealkylation sites (N-methyl/N-ethyl adjacent to an activating group) is 1. The summed E-state index contributed by atoms with van der Waals surface area (Å²) in [6.45, 7) is 3.18. The predicted octanol–water partition coefficient (Wildman–Crippen LogP) is 3.88. The Morgan fingerprint density at radius 3 is 2.71 bits per heavy atom. The van der Waals surface area contributed by atoms with Crippen LogP contribution in [0.15, 0.2) is 4.52 Å². The van der Waals surface area contributed by atoms with Crippen LogP contribution in [0.2, 0.25) is 0 Å². The Bertz CT molecular complexity index is 429. The van der Waals surface area contributed by atoms with E-state index in [-0.39, 0.29) is 0 Å². The quantitative estimate of drug-likeness (QED) is 0.864. The van der Waals surface area contributed by atoms with E-state index in [2.05, 4.69) is 22.4 Å². The normalized spacial score (nSPS) is 27.3. The molecule has 0 spiro atoms. The Kier molecular flexibility index (Phi) is 5.58. The van der Waals surface area contributed by atoms with E-state index in [0.717, 1.165) is 29.3 Å². The van der Waals surface area contributed by atoms with Crippen LogP contribution >= 0.6 is 11.8 Å². The number of hydrogen-bond donors (Lipinski definition) is 1. The molecule has 2 aliphatic rings. The van der Waals surface area contributed by atoms with Crippen molar-refractivity contribution in [2.24, 2.45) is 0 Å². The topological polar surface area (TPSA) is 51.0 Å². The van der Waals surface area contributed by atoms with Crippen molar-refractivity contribution in [2.45, 2.75) is 81.3 Å². The summed E-state index contributed by atoms with van der Waals surface area (Å²) < 4.78 is 5.58. The highest BCUT2D eigenvalue weighted by Gasteiger charge is 2.30. The fourth-order valence-electron chi connectivity index (χ4n) is 3.66. The van der Waals surface area contributed by atoms with Gasteiger partial charge in [0.05, 0.1) is 11.7 Å². The third-order valence-electron chi connectivity index (χ3n) is 4.78. The highest BCUT2D eigenvalue weighted by atomic mass is 32.2. The largest absolute Gasteiger partial charge is 0.339 e. The van der Waals surface area contributed by atoms with Crippen LogP contribution in [0.1, 0.15) is 75.9 Å². The second kappa shape index (κ2) is 7.63. The zero-order valence-electron chi connectivity index (χ0n) is 13.0. The molecular formula is C16H27N3OS. The second-order valence-corrected chi connectivity index (χ2v) is 7.61. The molecule has 5 heteroatoms. The van der Waals surface area contributed by atoms with E-state index in [1.54, 1.807) is 0 Å². The molecule has 0 radical (unpaired) electrons. The predicted molar refractivity (Wildman–Crippen MR) is 86.5 cm³/mol. The fourth-order valence-corrected chi connectivity index (χ4v) is 4.83. The molecule has 0 aliphatic heterocycles. The van der Waals surface area contributed by atoms with Gasteiger partial charge in [-0.25, -0.2) is 0 Å². The van der Waals surface area contributed by atoms with Crippen LogP contribution in [0, 0.1) is 0 Å². The molecule has 2 saturated carbocycles. The Labute approximate surface area is 131 Å². The second-order valence-electron chi connectivity index (χ2n) is 6.32. The van der Waals surface area contributed by atoms with Gasteiger partial charge in [0.15, 0.2) is 5.82 Å². The van der Waals surface area contributed by atoms with Crippen molar-refractivity contribution < 1.29 is 4.52 Å². The molecule has 1 aromatic rings. The Morgan fingerprint density at radius 1 is 1.14 bits per heavy atom. The first kappa shape index (κ1) is 15.3. The molecule has 1 heterocycles. The zero-order valence-corrected chi connectivity index (χ0v) is 13.8. The maximum absolute atomic E-state index is 5.58. The summed E-state index contributed by atoms with van der Waals surface area (Å²) in [4.78, 5) is 4.69. The number of aromatic nitrogens is 2. The van der Waals surface area contributed by atoms with Gasteiger partial charge in [0.25, 0.3) is 0 Å². The van der Waals surface area contributed by atoms with Crippen molar-refractivity contribution in [3.63, 3.8) is 0 Å². The number of nitrogens with zero attached hydrogens (tertiary/aromatic N) is 2. The lowest BCUT2D eigenvalue weighted by Gasteiger charge is -2.29. The average molecular weight is 309 g/mol. The van der Waals surface area contributed by atoms with Gasteiger partial charge in [0, 0.05) is 11.3 Å². The Hall–Kier alpha value is -0.550. The Balaban J connectivity index is 1.57. The van der Waals surface area contributed by atoms with Gasteiger partial charge < -0.3 is 9.84 Å². The van der Waals surface area contributed by atoms with Crippen LogP contribution in [0.25, 0.3) is 0 Å². The highest BCUT2D eigenvalue weighted by molar-refractivity contribution is 7.99. The van der Waals surface area contributed by atoms with E-state index < -0.39 is 0 Å². The number of rotatable bonds is 6. The number of hydrogen-bond acceptors (Lipinski definition) is 5. The third-order valence-corrected chi connectivity index (χ3v) is 6.15. The molecule has 4 nitrogen and oxygen atoms in total. The van der Waals surface area contributed by atoms with E-state index in [1.165, 1.54) is 51.4 Å². The maximum Gasteiger partial charge on any atom is 0.231 e. The minimum Gasteiger partial charge on any atom is -0.339 e. The molecule has 3 rings (SSSR count). The maximum atomic E-state index is 5.58. The first-order chi connectivity index (χ1) is 10.4. The van der Waals surface area contributed by atoms with Crippen molar-refractivity contribution in [3.05, 3.63) is 11.7 Å². The summed E-state index contributed by atoms with van der Waals surface area (Å²) >= 11 is 2.01. The van der Waals surface area contributed by atoms with Crippen molar-refractivity contribution in [1.82, 2.24) is 15.5 Å². The summed E-state index contributed by atoms with van der Waals surface area (Å²) in [6, 6.07) is 0.513. The fraction of sp³-hybridized carbons (Fsp3) is 0.875. The molecule has 2 unspecified atom stereocenters. The van der Waals surface area contributed by atoms with Gasteiger partial charge in [0.2, 0.25) is 5.89 Å². The molecule has 2 atom stereocenters. The minimum absolute atomic E-state index is 0.413. The average Bonchev–Trinajstić information content (AvgIpc) is 3.18. The lowest BCUT2D eigenvalue weighted by Crippen LogP contribution is -2.37. The van der Waals surface area contributed by atoms with Crippen LogP contribution in [-0.4, -0.2) is 28.0 Å². The monoisotopic (exact) mass is 309 g/mol. The van der Waals surface area contributed by atoms with Gasteiger partial charge in [-0.1, -0.05) is 37.8 Å². The van der Waals surface area contributed by atoms with Gasteiger partial charge in [-0.05, 0) is 32.2 Å². The molecule has 0 aromatic carbocycles. The zero-order chi connectivity index (χ0) is 14.5. The van der Waals surface area contributed by atoms with Crippen LogP contribution in [0.5, 0.6) is 0 Å². The lowest BCUT2D eigenvalue weighted by atomic mass is 9.84. The number of thioether (sulfide) groups is 1. The van der Waals surface area contributed by atoms with Crippen LogP contribution in [0.3, 0.4) is 0 Å². The SMILES string of the molecule is CCNC1CCCCC1c1nc(CSC2CCCC2)no1. The van der Waals surface area contributed by atoms with Crippen molar-refractivity contribution in [1.29, 1.82) is 0 Å². The van der Waals surface area contributed by atoms with Crippen LogP contribution in [-0.2, 0) is 5.75 Å². The summed E-state index contributed by atoms with van der Waals surface area (Å²) in [5, 5.41) is 8.61. The van der Waals surface area contributed by atoms with Crippen molar-refractivity contribution in [3.8, 4) is 0 Å². The van der Waals surface area contributed by atoms with E-state index in [1.807, 2.05) is 11.8 Å². The molecule has 2 fully saturated rings. The van der Waals surface area contributed by atoms with Crippen LogP contribution < -0.4 is 5.32 Å². The van der Waals surface area contributed by atoms with Gasteiger partial charge in [-0.15, -0.1) is 0 Å². The minimum atomic E-state index is 0.413. The molecular weight excluding hydrogens is 282 g/mol. The van der Waals surface area contributed by atoms with E-state index in [9.17, 15) is 0 Å². The summed E-state index contributed by atoms with van der Waals surface area (Å²) in [7, 11) is 0. The van der Waals surface area contributed by atoms with E-state index in [0.29, 0.717) is 12.0 Å². The van der Waals surface area contributed by atoms with E-state index in [4.69, 9.17) is 4.52 Å². The molecule has 0 saturated heterocycles. The third kappa shape index (κ3) is 4.01. The van der Waals surface area contributed by atoms with Gasteiger partial charge in [-0.2, -0.15) is 16.7 Å². The summed E-state index contributed by atoms with van der Waals surface area (Å²) in [6.07, 6.45) is 10.5. The molecule has 0 amide bonds. The molecule has 21 heavy (non-hydrogen) atoms. The standard InChI is InChI=1S/C16H27N3OS/c1-2-17-14-10-6-5-9-13(14)16-18-15(19-20-16)11-21-12-7-3-4-8-12/h12-14,17H,2-11H2,1H3. The number of nitrogens with one attached hydrogen (secondary N) is 1. The summed E-state index contributed by atoms with van der Waals surface area (Å²) in [5.74, 6) is 3.08. The van der Waals surface area contributed by atoms with Gasteiger partial charge >= 0.3 is 0 Å². The van der Waals surface area contributed by atoms with Crippen molar-refractivity contribution in [2.75, 3.05) is 6.54 Å². The molecule has 1 aromatic heterocycles. The smallest absolute Gasteiger partial charge is 0.231 e. The van der Waals surface area contributed by atoms with Crippen LogP contribution in [0.4, 0.5) is 0 Å². The first-order valence-corrected chi connectivity index (χ1v) is 9.59. The van der Waals surface area contributed by atoms with Gasteiger partial charge in [0.1, 0.15) is 0 Å². The Morgan fingerprint density at radius 2 is 1.90 bits per heavy atom. The van der Waals surface area contributed by atoms with Crippen molar-refractivity contribution >= 4 is 11.8 Å². The molecule has 118 valence electrons. The molecule has 0 bridgehead atoms. The highest BCUT2D eigenvalue weighted by Crippen LogP contribution is 2.34. The molecule has 1 N–H and O–H groups in total. The lowest BCUT2D eigenvalue weighted by molar-refractivity contribution is 0.264. The van der Waals surface area contributed by atoms with Gasteiger partial charge in [-0.3, -0.25) is 0 Å². The first-order valence-electron chi connectivity index (χ1n) is 8.54. The summed E-state index contributed by atoms with van der Waals surface area (Å²) in [5.41, 5.74) is 0. The molecule has 2 aliphatic carbocycles. The van der Waals surface area contributed by atoms with E-state index >= 15 is 0 Å².